The van der Waals surface area contributed by atoms with E-state index >= 15 is 0 Å². The molecule has 0 bridgehead atoms. The molecular formula is C63H67N3O6. The van der Waals surface area contributed by atoms with E-state index < -0.39 is 24.0 Å². The van der Waals surface area contributed by atoms with Crippen molar-refractivity contribution >= 4 is 57.1 Å². The van der Waals surface area contributed by atoms with Crippen LogP contribution in [0.1, 0.15) is 109 Å². The van der Waals surface area contributed by atoms with E-state index in [4.69, 9.17) is 14.2 Å². The second-order valence-corrected chi connectivity index (χ2v) is 19.6. The van der Waals surface area contributed by atoms with Crippen molar-refractivity contribution < 1.29 is 28.6 Å². The number of benzene rings is 7. The number of hydrogen-bond acceptors (Lipinski definition) is 9. The van der Waals surface area contributed by atoms with Gasteiger partial charge in [0.2, 0.25) is 0 Å². The van der Waals surface area contributed by atoms with Crippen LogP contribution in [0.3, 0.4) is 0 Å². The molecule has 0 amide bonds. The summed E-state index contributed by atoms with van der Waals surface area (Å²) in [5.41, 5.74) is 17.1. The molecule has 0 saturated heterocycles. The van der Waals surface area contributed by atoms with Crippen LogP contribution < -0.4 is 15.1 Å². The van der Waals surface area contributed by atoms with Crippen molar-refractivity contribution in [2.45, 2.75) is 92.2 Å². The smallest absolute Gasteiger partial charge is 0.339 e. The number of carbonyl (C=O) groups excluding carboxylic acids is 3. The molecule has 7 aromatic carbocycles. The number of aryl methyl sites for hydroxylation is 6. The summed E-state index contributed by atoms with van der Waals surface area (Å²) >= 11 is 0. The number of nitrogens with one attached hydrogen (secondary N) is 1. The molecule has 0 radical (unpaired) electrons. The quantitative estimate of drug-likeness (QED) is 0.0334. The summed E-state index contributed by atoms with van der Waals surface area (Å²) in [5.74, 6) is -1.97. The third kappa shape index (κ3) is 11.1. The fourth-order valence-corrected chi connectivity index (χ4v) is 10.8. The molecule has 0 spiro atoms. The Kier molecular flexibility index (Phi) is 15.6. The zero-order valence-corrected chi connectivity index (χ0v) is 43.2. The first-order valence-corrected chi connectivity index (χ1v) is 25.0. The fraction of sp³-hybridized carbons (Fsp3) is 0.286. The van der Waals surface area contributed by atoms with Crippen molar-refractivity contribution in [1.82, 2.24) is 0 Å². The Morgan fingerprint density at radius 1 is 0.597 bits per heavy atom. The number of rotatable bonds is 16. The molecule has 370 valence electrons. The number of esters is 3. The van der Waals surface area contributed by atoms with E-state index in [-0.39, 0.29) is 41.9 Å². The maximum atomic E-state index is 13.9. The molecule has 2 unspecified atom stereocenters. The van der Waals surface area contributed by atoms with Crippen LogP contribution in [-0.2, 0) is 19.0 Å². The van der Waals surface area contributed by atoms with Crippen LogP contribution in [0.2, 0.25) is 0 Å². The van der Waals surface area contributed by atoms with Gasteiger partial charge in [0, 0.05) is 59.4 Å². The minimum atomic E-state index is -0.705. The molecule has 1 N–H and O–H groups in total. The Morgan fingerprint density at radius 3 is 1.60 bits per heavy atom. The SMILES string of the molecule is C=C(C)C(=O)OCCOC(=O)c1ccccc1C(=O)OC1CCCCC1Nc1ccc(C(c2ccc(N(C)c3c(C)cc(C)cc3C)cc2)c2ccc(N(C)c3c(C)cc(C)cc3C)cc2)c2ccccc12. The van der Waals surface area contributed by atoms with Crippen LogP contribution in [0.5, 0.6) is 0 Å². The molecule has 9 nitrogen and oxygen atoms in total. The largest absolute Gasteiger partial charge is 0.459 e. The predicted molar refractivity (Wildman–Crippen MR) is 293 cm³/mol. The molecule has 9 heteroatoms. The maximum absolute atomic E-state index is 13.9. The van der Waals surface area contributed by atoms with Gasteiger partial charge in [-0.05, 0) is 155 Å². The van der Waals surface area contributed by atoms with Gasteiger partial charge in [-0.3, -0.25) is 0 Å². The lowest BCUT2D eigenvalue weighted by molar-refractivity contribution is -0.140. The van der Waals surface area contributed by atoms with Crippen LogP contribution in [0, 0.1) is 41.5 Å². The summed E-state index contributed by atoms with van der Waals surface area (Å²) < 4.78 is 16.7. The van der Waals surface area contributed by atoms with Gasteiger partial charge in [-0.15, -0.1) is 0 Å². The highest BCUT2D eigenvalue weighted by Crippen LogP contribution is 2.42. The van der Waals surface area contributed by atoms with Crippen LogP contribution in [0.4, 0.5) is 28.4 Å². The Labute approximate surface area is 425 Å². The van der Waals surface area contributed by atoms with Gasteiger partial charge in [0.15, 0.2) is 0 Å². The second-order valence-electron chi connectivity index (χ2n) is 19.6. The van der Waals surface area contributed by atoms with E-state index in [2.05, 4.69) is 187 Å². The molecule has 0 heterocycles. The molecule has 1 aliphatic carbocycles. The first-order chi connectivity index (χ1) is 34.6. The predicted octanol–water partition coefficient (Wildman–Crippen LogP) is 14.3. The van der Waals surface area contributed by atoms with Crippen LogP contribution in [-0.4, -0.2) is 57.4 Å². The standard InChI is InChI=1S/C63H67N3O6/c1-39(2)61(67)70-33-34-71-62(68)53-19-13-14-20-54(53)63(69)72-57-22-16-15-21-56(57)64-55-32-31-52(50-17-11-12-18-51(50)55)58(46-23-27-48(28-24-46)65(9)59-42(5)35-40(3)36-43(59)6)47-25-29-49(30-26-47)66(10)60-44(7)37-41(4)38-45(60)8/h11-14,17-20,23-32,35-38,56-58,64H,1,15-16,21-22,33-34H2,2-10H3. The molecular weight excluding hydrogens is 895 g/mol. The van der Waals surface area contributed by atoms with Crippen LogP contribution >= 0.6 is 0 Å². The summed E-state index contributed by atoms with van der Waals surface area (Å²) in [6.45, 7) is 17.8. The number of nitrogens with zero attached hydrogens (tertiary/aromatic N) is 2. The zero-order chi connectivity index (χ0) is 51.2. The van der Waals surface area contributed by atoms with Gasteiger partial charge in [-0.1, -0.05) is 115 Å². The summed E-state index contributed by atoms with van der Waals surface area (Å²) in [4.78, 5) is 43.5. The topological polar surface area (TPSA) is 97.4 Å². The summed E-state index contributed by atoms with van der Waals surface area (Å²) in [5, 5.41) is 6.03. The van der Waals surface area contributed by atoms with Crippen LogP contribution in [0.25, 0.3) is 10.8 Å². The van der Waals surface area contributed by atoms with E-state index in [0.29, 0.717) is 6.42 Å². The number of hydrogen-bond donors (Lipinski definition) is 1. The van der Waals surface area contributed by atoms with Crippen molar-refractivity contribution in [2.24, 2.45) is 0 Å². The first kappa shape index (κ1) is 50.7. The van der Waals surface area contributed by atoms with E-state index in [0.717, 1.165) is 47.1 Å². The monoisotopic (exact) mass is 962 g/mol. The van der Waals surface area contributed by atoms with Gasteiger partial charge < -0.3 is 29.3 Å². The third-order valence-electron chi connectivity index (χ3n) is 14.0. The number of fused-ring (bicyclic) bond motifs is 1. The van der Waals surface area contributed by atoms with Gasteiger partial charge in [0.1, 0.15) is 19.3 Å². The molecule has 0 aromatic heterocycles. The highest BCUT2D eigenvalue weighted by molar-refractivity contribution is 6.03. The van der Waals surface area contributed by atoms with Crippen molar-refractivity contribution in [2.75, 3.05) is 42.4 Å². The van der Waals surface area contributed by atoms with Gasteiger partial charge in [-0.2, -0.15) is 0 Å². The second kappa shape index (κ2) is 22.2. The van der Waals surface area contributed by atoms with Gasteiger partial charge in [0.05, 0.1) is 17.2 Å². The van der Waals surface area contributed by atoms with E-state index in [1.165, 1.54) is 67.5 Å². The first-order valence-electron chi connectivity index (χ1n) is 25.0. The van der Waals surface area contributed by atoms with Crippen molar-refractivity contribution in [3.05, 3.63) is 207 Å². The van der Waals surface area contributed by atoms with E-state index in [1.54, 1.807) is 25.1 Å². The zero-order valence-electron chi connectivity index (χ0n) is 43.2. The Morgan fingerprint density at radius 2 is 1.07 bits per heavy atom. The molecule has 8 rings (SSSR count). The number of ether oxygens (including phenoxy) is 3. The van der Waals surface area contributed by atoms with Crippen molar-refractivity contribution in [3.8, 4) is 0 Å². The van der Waals surface area contributed by atoms with Gasteiger partial charge >= 0.3 is 17.9 Å². The maximum Gasteiger partial charge on any atom is 0.339 e. The molecule has 72 heavy (non-hydrogen) atoms. The molecule has 1 fully saturated rings. The lowest BCUT2D eigenvalue weighted by atomic mass is 9.82. The minimum Gasteiger partial charge on any atom is -0.459 e. The lowest BCUT2D eigenvalue weighted by Crippen LogP contribution is -2.40. The molecule has 1 aliphatic rings. The summed E-state index contributed by atoms with van der Waals surface area (Å²) in [6.07, 6.45) is 2.90. The van der Waals surface area contributed by atoms with Crippen molar-refractivity contribution in [1.29, 1.82) is 0 Å². The van der Waals surface area contributed by atoms with E-state index in [1.807, 2.05) is 0 Å². The highest BCUT2D eigenvalue weighted by Gasteiger charge is 2.31. The van der Waals surface area contributed by atoms with E-state index in [9.17, 15) is 14.4 Å². The Balaban J connectivity index is 1.10. The fourth-order valence-electron chi connectivity index (χ4n) is 10.8. The summed E-state index contributed by atoms with van der Waals surface area (Å²) in [7, 11) is 4.29. The van der Waals surface area contributed by atoms with Crippen LogP contribution in [0.15, 0.2) is 146 Å². The molecule has 1 saturated carbocycles. The normalized spacial score (nSPS) is 14.4. The Hall–Kier alpha value is -7.65. The van der Waals surface area contributed by atoms with Gasteiger partial charge in [0.25, 0.3) is 0 Å². The molecule has 2 atom stereocenters. The highest BCUT2D eigenvalue weighted by atomic mass is 16.6. The Bertz CT molecular complexity index is 2990. The summed E-state index contributed by atoms with van der Waals surface area (Å²) in [6, 6.07) is 46.3. The minimum absolute atomic E-state index is 0.0847. The number of carbonyl (C=O) groups is 3. The lowest BCUT2D eigenvalue weighted by Gasteiger charge is -2.33. The molecule has 7 aromatic rings. The van der Waals surface area contributed by atoms with Gasteiger partial charge in [-0.25, -0.2) is 14.4 Å². The third-order valence-corrected chi connectivity index (χ3v) is 14.0. The average Bonchev–Trinajstić information content (AvgIpc) is 3.36. The average molecular weight is 962 g/mol. The number of anilines is 5. The molecule has 0 aliphatic heterocycles. The van der Waals surface area contributed by atoms with Crippen molar-refractivity contribution in [3.63, 3.8) is 0 Å².